The molecule has 0 unspecified atom stereocenters. The monoisotopic (exact) mass is 357 g/mol. The van der Waals surface area contributed by atoms with E-state index in [2.05, 4.69) is 10.7 Å². The number of nitrogens with two attached hydrogens (primary N) is 1. The largest absolute Gasteiger partial charge is 0.494 e. The van der Waals surface area contributed by atoms with E-state index < -0.39 is 0 Å². The molecule has 3 nitrogen and oxygen atoms in total. The van der Waals surface area contributed by atoms with Gasteiger partial charge >= 0.3 is 0 Å². The number of hydrogen-bond acceptors (Lipinski definition) is 3. The van der Waals surface area contributed by atoms with Crippen molar-refractivity contribution in [1.29, 1.82) is 0 Å². The molecule has 0 bridgehead atoms. The molecule has 0 aliphatic rings. The van der Waals surface area contributed by atoms with Crippen molar-refractivity contribution in [2.45, 2.75) is 19.9 Å². The molecule has 2 N–H and O–H groups in total. The Morgan fingerprint density at radius 2 is 1.84 bits per heavy atom. The third-order valence-corrected chi connectivity index (χ3v) is 4.81. The van der Waals surface area contributed by atoms with Crippen LogP contribution in [0, 0.1) is 5.82 Å². The molecule has 5 heteroatoms. The summed E-state index contributed by atoms with van der Waals surface area (Å²) in [5.41, 5.74) is 3.37. The first-order valence-corrected chi connectivity index (χ1v) is 9.36. The quantitative estimate of drug-likeness (QED) is 0.625. The van der Waals surface area contributed by atoms with Crippen LogP contribution >= 0.6 is 11.3 Å². The number of benzene rings is 2. The molecular formula is C20H22FN2OS+. The molecule has 0 saturated heterocycles. The van der Waals surface area contributed by atoms with Crippen LogP contribution in [0.3, 0.4) is 0 Å². The van der Waals surface area contributed by atoms with Crippen molar-refractivity contribution in [3.05, 3.63) is 71.0 Å². The summed E-state index contributed by atoms with van der Waals surface area (Å²) in [7, 11) is 0. The standard InChI is InChI=1S/C20H21FN2OS/c1-2-24-19-9-5-16(6-10-19)20-23-18(14-25-20)13-22-12-11-15-3-7-17(21)8-4-15/h3-10,14,22H,2,11-13H2,1H3/p+1. The summed E-state index contributed by atoms with van der Waals surface area (Å²) in [4.78, 5) is 4.71. The Morgan fingerprint density at radius 3 is 2.56 bits per heavy atom. The first kappa shape index (κ1) is 17.6. The summed E-state index contributed by atoms with van der Waals surface area (Å²) in [6, 6.07) is 14.8. The topological polar surface area (TPSA) is 38.7 Å². The van der Waals surface area contributed by atoms with Gasteiger partial charge in [-0.15, -0.1) is 11.3 Å². The van der Waals surface area contributed by atoms with Gasteiger partial charge < -0.3 is 10.1 Å². The van der Waals surface area contributed by atoms with Gasteiger partial charge in [0.15, 0.2) is 0 Å². The van der Waals surface area contributed by atoms with Gasteiger partial charge in [0.1, 0.15) is 28.8 Å². The van der Waals surface area contributed by atoms with Crippen molar-refractivity contribution < 1.29 is 14.4 Å². The molecule has 0 amide bonds. The van der Waals surface area contributed by atoms with E-state index in [1.165, 1.54) is 12.1 Å². The smallest absolute Gasteiger partial charge is 0.123 e. The Balaban J connectivity index is 1.49. The highest BCUT2D eigenvalue weighted by molar-refractivity contribution is 7.13. The average Bonchev–Trinajstić information content (AvgIpc) is 3.10. The van der Waals surface area contributed by atoms with E-state index in [-0.39, 0.29) is 5.82 Å². The van der Waals surface area contributed by atoms with Gasteiger partial charge in [-0.25, -0.2) is 9.37 Å². The summed E-state index contributed by atoms with van der Waals surface area (Å²) < 4.78 is 18.3. The average molecular weight is 357 g/mol. The molecule has 25 heavy (non-hydrogen) atoms. The molecule has 1 heterocycles. The van der Waals surface area contributed by atoms with E-state index in [0.717, 1.165) is 47.1 Å². The number of hydrogen-bond donors (Lipinski definition) is 1. The Bertz CT molecular complexity index is 784. The maximum atomic E-state index is 12.9. The van der Waals surface area contributed by atoms with Crippen LogP contribution in [0.15, 0.2) is 53.9 Å². The summed E-state index contributed by atoms with van der Waals surface area (Å²) in [5.74, 6) is 0.703. The second-order valence-electron chi connectivity index (χ2n) is 5.76. The first-order valence-electron chi connectivity index (χ1n) is 8.48. The lowest BCUT2D eigenvalue weighted by Gasteiger charge is -2.03. The number of halogens is 1. The van der Waals surface area contributed by atoms with Gasteiger partial charge in [0.05, 0.1) is 13.2 Å². The first-order chi connectivity index (χ1) is 12.2. The van der Waals surface area contributed by atoms with E-state index in [9.17, 15) is 4.39 Å². The fourth-order valence-corrected chi connectivity index (χ4v) is 3.40. The molecular weight excluding hydrogens is 335 g/mol. The fourth-order valence-electron chi connectivity index (χ4n) is 2.56. The van der Waals surface area contributed by atoms with Crippen molar-refractivity contribution in [3.63, 3.8) is 0 Å². The third kappa shape index (κ3) is 5.11. The van der Waals surface area contributed by atoms with E-state index in [0.29, 0.717) is 6.61 Å². The molecule has 3 rings (SSSR count). The zero-order valence-electron chi connectivity index (χ0n) is 14.2. The van der Waals surface area contributed by atoms with E-state index in [4.69, 9.17) is 9.72 Å². The van der Waals surface area contributed by atoms with Crippen LogP contribution in [0.25, 0.3) is 10.6 Å². The number of quaternary nitrogens is 1. The minimum atomic E-state index is -0.183. The number of nitrogens with zero attached hydrogens (tertiary/aromatic N) is 1. The van der Waals surface area contributed by atoms with Crippen LogP contribution in [0.2, 0.25) is 0 Å². The summed E-state index contributed by atoms with van der Waals surface area (Å²) >= 11 is 1.66. The normalized spacial score (nSPS) is 10.8. The molecule has 0 radical (unpaired) electrons. The van der Waals surface area contributed by atoms with Crippen molar-refractivity contribution in [2.24, 2.45) is 0 Å². The van der Waals surface area contributed by atoms with Gasteiger partial charge in [-0.2, -0.15) is 0 Å². The van der Waals surface area contributed by atoms with Crippen molar-refractivity contribution in [2.75, 3.05) is 13.2 Å². The van der Waals surface area contributed by atoms with Crippen LogP contribution in [0.4, 0.5) is 4.39 Å². The Morgan fingerprint density at radius 1 is 1.08 bits per heavy atom. The van der Waals surface area contributed by atoms with Gasteiger partial charge in [-0.3, -0.25) is 0 Å². The Kier molecular flexibility index (Phi) is 6.14. The second-order valence-corrected chi connectivity index (χ2v) is 6.62. The summed E-state index contributed by atoms with van der Waals surface area (Å²) in [6.07, 6.45) is 0.927. The number of rotatable bonds is 8. The molecule has 2 aromatic carbocycles. The van der Waals surface area contributed by atoms with Gasteiger partial charge in [-0.05, 0) is 48.9 Å². The zero-order chi connectivity index (χ0) is 17.5. The molecule has 0 aliphatic heterocycles. The highest BCUT2D eigenvalue weighted by Crippen LogP contribution is 2.25. The molecule has 0 aliphatic carbocycles. The molecule has 130 valence electrons. The predicted octanol–water partition coefficient (Wildman–Crippen LogP) is 3.65. The lowest BCUT2D eigenvalue weighted by atomic mass is 10.1. The lowest BCUT2D eigenvalue weighted by molar-refractivity contribution is -0.670. The van der Waals surface area contributed by atoms with E-state index >= 15 is 0 Å². The lowest BCUT2D eigenvalue weighted by Crippen LogP contribution is -2.83. The van der Waals surface area contributed by atoms with E-state index in [1.54, 1.807) is 11.3 Å². The van der Waals surface area contributed by atoms with Gasteiger partial charge in [0.25, 0.3) is 0 Å². The van der Waals surface area contributed by atoms with Crippen LogP contribution in [-0.4, -0.2) is 18.1 Å². The highest BCUT2D eigenvalue weighted by Gasteiger charge is 2.06. The molecule has 0 atom stereocenters. The van der Waals surface area contributed by atoms with E-state index in [1.807, 2.05) is 43.3 Å². The molecule has 0 fully saturated rings. The van der Waals surface area contributed by atoms with Crippen molar-refractivity contribution in [1.82, 2.24) is 4.98 Å². The maximum Gasteiger partial charge on any atom is 0.123 e. The van der Waals surface area contributed by atoms with Crippen molar-refractivity contribution in [3.8, 4) is 16.3 Å². The van der Waals surface area contributed by atoms with Crippen LogP contribution in [0.1, 0.15) is 18.2 Å². The van der Waals surface area contributed by atoms with Gasteiger partial charge in [-0.1, -0.05) is 12.1 Å². The van der Waals surface area contributed by atoms with Gasteiger partial charge in [0, 0.05) is 17.4 Å². The predicted molar refractivity (Wildman–Crippen MR) is 99.3 cm³/mol. The Hall–Kier alpha value is -2.24. The number of aromatic nitrogens is 1. The zero-order valence-corrected chi connectivity index (χ0v) is 15.1. The molecule has 0 saturated carbocycles. The SMILES string of the molecule is CCOc1ccc(-c2nc(C[NH2+]CCc3ccc(F)cc3)cs2)cc1. The molecule has 1 aromatic heterocycles. The minimum absolute atomic E-state index is 0.183. The number of ether oxygens (including phenoxy) is 1. The molecule has 3 aromatic rings. The maximum absolute atomic E-state index is 12.9. The van der Waals surface area contributed by atoms with Gasteiger partial charge in [0.2, 0.25) is 0 Å². The fraction of sp³-hybridized carbons (Fsp3) is 0.250. The highest BCUT2D eigenvalue weighted by atomic mass is 32.1. The second kappa shape index (κ2) is 8.74. The Labute approximate surface area is 151 Å². The molecule has 0 spiro atoms. The summed E-state index contributed by atoms with van der Waals surface area (Å²) in [5, 5.41) is 5.38. The van der Waals surface area contributed by atoms with Crippen LogP contribution in [-0.2, 0) is 13.0 Å². The summed E-state index contributed by atoms with van der Waals surface area (Å²) in [6.45, 7) is 4.47. The van der Waals surface area contributed by atoms with Crippen LogP contribution < -0.4 is 10.1 Å². The minimum Gasteiger partial charge on any atom is -0.494 e. The number of thiazole rings is 1. The van der Waals surface area contributed by atoms with Crippen molar-refractivity contribution >= 4 is 11.3 Å². The van der Waals surface area contributed by atoms with Crippen LogP contribution in [0.5, 0.6) is 5.75 Å². The third-order valence-electron chi connectivity index (χ3n) is 3.87.